The van der Waals surface area contributed by atoms with Gasteiger partial charge < -0.3 is 0 Å². The van der Waals surface area contributed by atoms with E-state index in [9.17, 15) is 17.2 Å². The molecule has 0 radical (unpaired) electrons. The molecule has 0 aliphatic carbocycles. The molecule has 0 amide bonds. The zero-order valence-electron chi connectivity index (χ0n) is 10.7. The quantitative estimate of drug-likeness (QED) is 0.943. The van der Waals surface area contributed by atoms with Gasteiger partial charge in [-0.15, -0.1) is 0 Å². The van der Waals surface area contributed by atoms with Gasteiger partial charge in [0.1, 0.15) is 11.6 Å². The number of benzene rings is 2. The number of hydrogen-bond donors (Lipinski definition) is 1. The molecule has 3 nitrogen and oxygen atoms in total. The van der Waals surface area contributed by atoms with Crippen LogP contribution in [0.5, 0.6) is 0 Å². The maximum atomic E-state index is 13.0. The van der Waals surface area contributed by atoms with Gasteiger partial charge in [-0.1, -0.05) is 12.1 Å². The van der Waals surface area contributed by atoms with E-state index in [4.69, 9.17) is 0 Å². The van der Waals surface area contributed by atoms with Gasteiger partial charge in [-0.2, -0.15) is 0 Å². The Bertz CT molecular complexity index is 709. The Balaban J connectivity index is 2.17. The molecule has 0 aliphatic rings. The number of sulfonamides is 1. The maximum absolute atomic E-state index is 13.0. The number of nitrogens with one attached hydrogen (secondary N) is 1. The van der Waals surface area contributed by atoms with Crippen molar-refractivity contribution in [2.75, 3.05) is 0 Å². The van der Waals surface area contributed by atoms with Crippen LogP contribution in [0.15, 0.2) is 47.4 Å². The fourth-order valence-electron chi connectivity index (χ4n) is 1.76. The van der Waals surface area contributed by atoms with Crippen molar-refractivity contribution in [1.29, 1.82) is 0 Å². The average molecular weight is 297 g/mol. The molecule has 0 atom stereocenters. The first-order valence-corrected chi connectivity index (χ1v) is 7.36. The lowest BCUT2D eigenvalue weighted by Crippen LogP contribution is -2.23. The first kappa shape index (κ1) is 14.6. The lowest BCUT2D eigenvalue weighted by molar-refractivity contribution is 0.571. The van der Waals surface area contributed by atoms with Crippen LogP contribution in [0.25, 0.3) is 0 Å². The lowest BCUT2D eigenvalue weighted by Gasteiger charge is -2.08. The topological polar surface area (TPSA) is 46.2 Å². The van der Waals surface area contributed by atoms with Crippen molar-refractivity contribution in [2.45, 2.75) is 18.4 Å². The summed E-state index contributed by atoms with van der Waals surface area (Å²) in [4.78, 5) is 0.120. The molecule has 6 heteroatoms. The van der Waals surface area contributed by atoms with Crippen molar-refractivity contribution >= 4 is 10.0 Å². The van der Waals surface area contributed by atoms with E-state index in [0.717, 1.165) is 23.8 Å². The van der Waals surface area contributed by atoms with Crippen LogP contribution in [0.2, 0.25) is 0 Å². The summed E-state index contributed by atoms with van der Waals surface area (Å²) >= 11 is 0. The Morgan fingerprint density at radius 3 is 2.30 bits per heavy atom. The maximum Gasteiger partial charge on any atom is 0.240 e. The smallest absolute Gasteiger partial charge is 0.207 e. The lowest BCUT2D eigenvalue weighted by atomic mass is 10.2. The summed E-state index contributed by atoms with van der Waals surface area (Å²) in [5.41, 5.74) is 1.03. The first-order valence-electron chi connectivity index (χ1n) is 5.88. The Labute approximate surface area is 116 Å². The second-order valence-corrected chi connectivity index (χ2v) is 6.19. The molecule has 0 bridgehead atoms. The van der Waals surface area contributed by atoms with Crippen LogP contribution in [0.1, 0.15) is 11.1 Å². The fraction of sp³-hybridized carbons (Fsp3) is 0.143. The minimum absolute atomic E-state index is 0.120. The van der Waals surface area contributed by atoms with Crippen LogP contribution in [-0.4, -0.2) is 8.42 Å². The summed E-state index contributed by atoms with van der Waals surface area (Å²) in [5.74, 6) is -1.48. The minimum atomic E-state index is -3.70. The summed E-state index contributed by atoms with van der Waals surface area (Å²) in [7, 11) is -3.70. The zero-order chi connectivity index (χ0) is 14.8. The number of hydrogen-bond acceptors (Lipinski definition) is 2. The van der Waals surface area contributed by atoms with Gasteiger partial charge in [0.15, 0.2) is 0 Å². The molecule has 0 heterocycles. The molecule has 0 fully saturated rings. The monoisotopic (exact) mass is 297 g/mol. The second-order valence-electron chi connectivity index (χ2n) is 4.42. The third-order valence-electron chi connectivity index (χ3n) is 2.69. The van der Waals surface area contributed by atoms with Crippen LogP contribution >= 0.6 is 0 Å². The largest absolute Gasteiger partial charge is 0.240 e. The van der Waals surface area contributed by atoms with Gasteiger partial charge in [-0.05, 0) is 42.3 Å². The molecule has 2 aromatic rings. The van der Waals surface area contributed by atoms with Gasteiger partial charge in [-0.25, -0.2) is 21.9 Å². The minimum Gasteiger partial charge on any atom is -0.207 e. The zero-order valence-corrected chi connectivity index (χ0v) is 11.5. The first-order chi connectivity index (χ1) is 9.37. The van der Waals surface area contributed by atoms with Gasteiger partial charge in [0, 0.05) is 12.6 Å². The van der Waals surface area contributed by atoms with Crippen LogP contribution in [-0.2, 0) is 16.6 Å². The standard InChI is InChI=1S/C14H13F2NO2S/c1-10-3-2-4-14(5-10)20(18,19)17-9-11-6-12(15)8-13(16)7-11/h2-8,17H,9H2,1H3. The molecule has 0 aromatic heterocycles. The fourth-order valence-corrected chi connectivity index (χ4v) is 2.88. The van der Waals surface area contributed by atoms with E-state index in [1.807, 2.05) is 0 Å². The third-order valence-corrected chi connectivity index (χ3v) is 4.09. The normalized spacial score (nSPS) is 11.6. The average Bonchev–Trinajstić information content (AvgIpc) is 2.35. The van der Waals surface area contributed by atoms with E-state index in [2.05, 4.69) is 4.72 Å². The molecular weight excluding hydrogens is 284 g/mol. The highest BCUT2D eigenvalue weighted by Crippen LogP contribution is 2.12. The molecule has 2 aromatic carbocycles. The highest BCUT2D eigenvalue weighted by Gasteiger charge is 2.14. The van der Waals surface area contributed by atoms with Gasteiger partial charge in [0.25, 0.3) is 0 Å². The SMILES string of the molecule is Cc1cccc(S(=O)(=O)NCc2cc(F)cc(F)c2)c1. The molecule has 106 valence electrons. The summed E-state index contributed by atoms with van der Waals surface area (Å²) in [6.45, 7) is 1.60. The van der Waals surface area contributed by atoms with Gasteiger partial charge in [0.05, 0.1) is 4.90 Å². The summed E-state index contributed by atoms with van der Waals surface area (Å²) in [6.07, 6.45) is 0. The Morgan fingerprint density at radius 2 is 1.70 bits per heavy atom. The van der Waals surface area contributed by atoms with Crippen molar-refractivity contribution in [2.24, 2.45) is 0 Å². The number of halogens is 2. The van der Waals surface area contributed by atoms with Crippen LogP contribution in [0.3, 0.4) is 0 Å². The highest BCUT2D eigenvalue weighted by molar-refractivity contribution is 7.89. The Kier molecular flexibility index (Phi) is 4.15. The van der Waals surface area contributed by atoms with Crippen LogP contribution in [0.4, 0.5) is 8.78 Å². The van der Waals surface area contributed by atoms with Gasteiger partial charge >= 0.3 is 0 Å². The van der Waals surface area contributed by atoms with Crippen molar-refractivity contribution in [3.8, 4) is 0 Å². The number of rotatable bonds is 4. The van der Waals surface area contributed by atoms with E-state index in [1.165, 1.54) is 12.1 Å². The molecule has 0 saturated heterocycles. The molecule has 0 unspecified atom stereocenters. The molecular formula is C14H13F2NO2S. The molecule has 1 N–H and O–H groups in total. The van der Waals surface area contributed by atoms with E-state index >= 15 is 0 Å². The van der Waals surface area contributed by atoms with Crippen molar-refractivity contribution in [3.05, 3.63) is 65.2 Å². The summed E-state index contributed by atoms with van der Waals surface area (Å²) in [6, 6.07) is 9.30. The molecule has 0 saturated carbocycles. The highest BCUT2D eigenvalue weighted by atomic mass is 32.2. The van der Waals surface area contributed by atoms with Gasteiger partial charge in [-0.3, -0.25) is 0 Å². The van der Waals surface area contributed by atoms with Crippen molar-refractivity contribution in [3.63, 3.8) is 0 Å². The predicted octanol–water partition coefficient (Wildman–Crippen LogP) is 2.75. The molecule has 20 heavy (non-hydrogen) atoms. The van der Waals surface area contributed by atoms with Crippen molar-refractivity contribution < 1.29 is 17.2 Å². The van der Waals surface area contributed by atoms with Gasteiger partial charge in [0.2, 0.25) is 10.0 Å². The number of aryl methyl sites for hydroxylation is 1. The van der Waals surface area contributed by atoms with Crippen molar-refractivity contribution in [1.82, 2.24) is 4.72 Å². The molecule has 2 rings (SSSR count). The molecule has 0 aliphatic heterocycles. The summed E-state index contributed by atoms with van der Waals surface area (Å²) < 4.78 is 52.4. The van der Waals surface area contributed by atoms with E-state index in [0.29, 0.717) is 0 Å². The van der Waals surface area contributed by atoms with Crippen LogP contribution in [0, 0.1) is 18.6 Å². The third kappa shape index (κ3) is 3.61. The predicted molar refractivity (Wildman–Crippen MR) is 71.6 cm³/mol. The van der Waals surface area contributed by atoms with E-state index in [-0.39, 0.29) is 17.0 Å². The Morgan fingerprint density at radius 1 is 1.05 bits per heavy atom. The van der Waals surface area contributed by atoms with Crippen LogP contribution < -0.4 is 4.72 Å². The van der Waals surface area contributed by atoms with E-state index in [1.54, 1.807) is 19.1 Å². The summed E-state index contributed by atoms with van der Waals surface area (Å²) in [5, 5.41) is 0. The Hall–Kier alpha value is -1.79. The second kappa shape index (κ2) is 5.68. The molecule has 0 spiro atoms. The van der Waals surface area contributed by atoms with E-state index < -0.39 is 21.7 Å².